The fraction of sp³-hybridized carbons (Fsp3) is 0.318. The van der Waals surface area contributed by atoms with Gasteiger partial charge >= 0.3 is 0 Å². The van der Waals surface area contributed by atoms with Gasteiger partial charge in [-0.15, -0.1) is 0 Å². The molecule has 3 aromatic rings. The number of hydrogen-bond donors (Lipinski definition) is 1. The number of hydrogen-bond acceptors (Lipinski definition) is 5. The van der Waals surface area contributed by atoms with Gasteiger partial charge in [0.15, 0.2) is 0 Å². The van der Waals surface area contributed by atoms with Crippen LogP contribution in [0.15, 0.2) is 55.0 Å². The Balaban J connectivity index is 1.49. The number of rotatable bonds is 5. The zero-order chi connectivity index (χ0) is 20.2. The van der Waals surface area contributed by atoms with Crippen LogP contribution in [-0.4, -0.2) is 46.9 Å². The number of nitrogens with one attached hydrogen (secondary N) is 1. The number of aryl methyl sites for hydroxylation is 1. The maximum atomic E-state index is 12.9. The molecule has 1 amide bonds. The fourth-order valence-corrected chi connectivity index (χ4v) is 3.74. The molecule has 0 spiro atoms. The molecule has 7 heteroatoms. The Morgan fingerprint density at radius 3 is 2.90 bits per heavy atom. The summed E-state index contributed by atoms with van der Waals surface area (Å²) < 4.78 is 7.26. The average Bonchev–Trinajstić information content (AvgIpc) is 3.20. The first-order valence-electron chi connectivity index (χ1n) is 9.78. The lowest BCUT2D eigenvalue weighted by Gasteiger charge is -2.33. The van der Waals surface area contributed by atoms with Crippen LogP contribution in [0.4, 0.5) is 5.69 Å². The molecule has 1 saturated heterocycles. The average molecular weight is 391 g/mol. The Hall–Kier alpha value is -3.35. The molecule has 2 aromatic heterocycles. The van der Waals surface area contributed by atoms with Gasteiger partial charge in [0.1, 0.15) is 5.75 Å². The van der Waals surface area contributed by atoms with Gasteiger partial charge in [-0.05, 0) is 43.2 Å². The lowest BCUT2D eigenvalue weighted by atomic mass is 10.0. The first-order chi connectivity index (χ1) is 14.1. The summed E-state index contributed by atoms with van der Waals surface area (Å²) in [6, 6.07) is 11.2. The summed E-state index contributed by atoms with van der Waals surface area (Å²) in [5.74, 6) is 0.614. The number of pyridine rings is 1. The van der Waals surface area contributed by atoms with Gasteiger partial charge in [0, 0.05) is 49.7 Å². The van der Waals surface area contributed by atoms with E-state index >= 15 is 0 Å². The van der Waals surface area contributed by atoms with Crippen LogP contribution in [0.3, 0.4) is 0 Å². The predicted octanol–water partition coefficient (Wildman–Crippen LogP) is 2.89. The number of aromatic nitrogens is 3. The molecule has 29 heavy (non-hydrogen) atoms. The van der Waals surface area contributed by atoms with Crippen LogP contribution in [0.5, 0.6) is 5.75 Å². The summed E-state index contributed by atoms with van der Waals surface area (Å²) >= 11 is 0. The summed E-state index contributed by atoms with van der Waals surface area (Å²) in [7, 11) is 3.53. The molecular weight excluding hydrogens is 366 g/mol. The molecule has 1 N–H and O–H groups in total. The van der Waals surface area contributed by atoms with Crippen molar-refractivity contribution in [3.8, 4) is 17.0 Å². The molecule has 0 bridgehead atoms. The van der Waals surface area contributed by atoms with Crippen LogP contribution >= 0.6 is 0 Å². The highest BCUT2D eigenvalue weighted by Gasteiger charge is 2.23. The second-order valence-corrected chi connectivity index (χ2v) is 7.26. The van der Waals surface area contributed by atoms with Gasteiger partial charge in [-0.3, -0.25) is 14.5 Å². The molecule has 1 atom stereocenters. The number of benzene rings is 1. The van der Waals surface area contributed by atoms with Crippen molar-refractivity contribution in [2.24, 2.45) is 7.05 Å². The van der Waals surface area contributed by atoms with E-state index in [4.69, 9.17) is 4.74 Å². The van der Waals surface area contributed by atoms with Crippen molar-refractivity contribution in [2.75, 3.05) is 25.1 Å². The highest BCUT2D eigenvalue weighted by molar-refractivity contribution is 5.96. The van der Waals surface area contributed by atoms with Crippen molar-refractivity contribution in [1.29, 1.82) is 0 Å². The number of anilines is 1. The fourth-order valence-electron chi connectivity index (χ4n) is 3.74. The molecule has 4 rings (SSSR count). The van der Waals surface area contributed by atoms with E-state index in [-0.39, 0.29) is 11.9 Å². The Morgan fingerprint density at radius 2 is 2.17 bits per heavy atom. The summed E-state index contributed by atoms with van der Waals surface area (Å²) in [5, 5.41) is 7.44. The number of nitrogens with zero attached hydrogens (tertiary/aromatic N) is 4. The van der Waals surface area contributed by atoms with E-state index in [0.29, 0.717) is 11.3 Å². The standard InChI is InChI=1S/C22H25N5O2/c1-26-15-18(13-24-26)27-11-5-6-17(14-27)25-22(28)16-8-9-21(29-2)19(12-16)20-7-3-4-10-23-20/h3-4,7-10,12-13,15,17H,5-6,11,14H2,1-2H3,(H,25,28). The van der Waals surface area contributed by atoms with Crippen molar-refractivity contribution in [3.05, 3.63) is 60.6 Å². The molecule has 150 valence electrons. The minimum atomic E-state index is -0.0807. The first-order valence-corrected chi connectivity index (χ1v) is 9.78. The monoisotopic (exact) mass is 391 g/mol. The molecule has 0 saturated carbocycles. The van der Waals surface area contributed by atoms with Crippen LogP contribution in [-0.2, 0) is 7.05 Å². The maximum absolute atomic E-state index is 12.9. The van der Waals surface area contributed by atoms with Crippen molar-refractivity contribution < 1.29 is 9.53 Å². The van der Waals surface area contributed by atoms with Gasteiger partial charge in [-0.1, -0.05) is 6.07 Å². The second-order valence-electron chi connectivity index (χ2n) is 7.26. The van der Waals surface area contributed by atoms with Crippen LogP contribution < -0.4 is 15.0 Å². The van der Waals surface area contributed by atoms with Gasteiger partial charge in [0.05, 0.1) is 24.7 Å². The number of carbonyl (C=O) groups excluding carboxylic acids is 1. The van der Waals surface area contributed by atoms with Gasteiger partial charge in [0.2, 0.25) is 0 Å². The lowest BCUT2D eigenvalue weighted by molar-refractivity contribution is 0.0933. The van der Waals surface area contributed by atoms with Gasteiger partial charge in [0.25, 0.3) is 5.91 Å². The Bertz CT molecular complexity index is 986. The minimum absolute atomic E-state index is 0.0807. The van der Waals surface area contributed by atoms with E-state index < -0.39 is 0 Å². The smallest absolute Gasteiger partial charge is 0.251 e. The van der Waals surface area contributed by atoms with E-state index in [1.54, 1.807) is 24.1 Å². The summed E-state index contributed by atoms with van der Waals surface area (Å²) in [6.45, 7) is 1.76. The van der Waals surface area contributed by atoms with Crippen LogP contribution in [0.25, 0.3) is 11.3 Å². The quantitative estimate of drug-likeness (QED) is 0.724. The molecule has 3 heterocycles. The maximum Gasteiger partial charge on any atom is 0.251 e. The topological polar surface area (TPSA) is 72.3 Å². The Morgan fingerprint density at radius 1 is 1.28 bits per heavy atom. The number of ether oxygens (including phenoxy) is 1. The number of methoxy groups -OCH3 is 1. The van der Waals surface area contributed by atoms with E-state index in [1.165, 1.54) is 0 Å². The SMILES string of the molecule is COc1ccc(C(=O)NC2CCCN(c3cnn(C)c3)C2)cc1-c1ccccn1. The normalized spacial score (nSPS) is 16.5. The highest BCUT2D eigenvalue weighted by atomic mass is 16.5. The highest BCUT2D eigenvalue weighted by Crippen LogP contribution is 2.29. The number of amides is 1. The number of carbonyl (C=O) groups is 1. The van der Waals surface area contributed by atoms with Crippen molar-refractivity contribution in [2.45, 2.75) is 18.9 Å². The lowest BCUT2D eigenvalue weighted by Crippen LogP contribution is -2.47. The molecule has 7 nitrogen and oxygen atoms in total. The molecule has 1 aromatic carbocycles. The first kappa shape index (κ1) is 19.0. The largest absolute Gasteiger partial charge is 0.496 e. The zero-order valence-electron chi connectivity index (χ0n) is 16.7. The molecular formula is C22H25N5O2. The van der Waals surface area contributed by atoms with Crippen molar-refractivity contribution >= 4 is 11.6 Å². The van der Waals surface area contributed by atoms with Crippen LogP contribution in [0.1, 0.15) is 23.2 Å². The van der Waals surface area contributed by atoms with Gasteiger partial charge in [-0.25, -0.2) is 0 Å². The van der Waals surface area contributed by atoms with E-state index in [2.05, 4.69) is 20.3 Å². The predicted molar refractivity (Wildman–Crippen MR) is 112 cm³/mol. The second kappa shape index (κ2) is 8.34. The molecule has 0 radical (unpaired) electrons. The van der Waals surface area contributed by atoms with Crippen molar-refractivity contribution in [1.82, 2.24) is 20.1 Å². The van der Waals surface area contributed by atoms with Crippen LogP contribution in [0.2, 0.25) is 0 Å². The van der Waals surface area contributed by atoms with Gasteiger partial charge in [-0.2, -0.15) is 5.10 Å². The summed E-state index contributed by atoms with van der Waals surface area (Å²) in [4.78, 5) is 19.6. The van der Waals surface area contributed by atoms with E-state index in [0.717, 1.165) is 42.9 Å². The molecule has 1 fully saturated rings. The van der Waals surface area contributed by atoms with Crippen LogP contribution in [0, 0.1) is 0 Å². The molecule has 0 aliphatic carbocycles. The van der Waals surface area contributed by atoms with E-state index in [1.807, 2.05) is 49.8 Å². The Labute approximate surface area is 170 Å². The third kappa shape index (κ3) is 4.23. The van der Waals surface area contributed by atoms with Crippen molar-refractivity contribution in [3.63, 3.8) is 0 Å². The third-order valence-corrected chi connectivity index (χ3v) is 5.22. The summed E-state index contributed by atoms with van der Waals surface area (Å²) in [5.41, 5.74) is 3.28. The minimum Gasteiger partial charge on any atom is -0.496 e. The molecule has 1 unspecified atom stereocenters. The number of piperidine rings is 1. The molecule has 1 aliphatic heterocycles. The third-order valence-electron chi connectivity index (χ3n) is 5.22. The van der Waals surface area contributed by atoms with Gasteiger partial charge < -0.3 is 15.0 Å². The van der Waals surface area contributed by atoms with E-state index in [9.17, 15) is 4.79 Å². The summed E-state index contributed by atoms with van der Waals surface area (Å²) in [6.07, 6.45) is 7.60. The molecule has 1 aliphatic rings. The zero-order valence-corrected chi connectivity index (χ0v) is 16.7. The Kier molecular flexibility index (Phi) is 5.46.